The first-order valence-corrected chi connectivity index (χ1v) is 8.77. The minimum atomic E-state index is 0.00722. The first-order chi connectivity index (χ1) is 11.7. The van der Waals surface area contributed by atoms with Crippen LogP contribution in [0.25, 0.3) is 0 Å². The number of methoxy groups -OCH3 is 1. The molecule has 24 heavy (non-hydrogen) atoms. The van der Waals surface area contributed by atoms with Gasteiger partial charge in [-0.3, -0.25) is 9.59 Å². The third kappa shape index (κ3) is 3.94. The average molecular weight is 344 g/mol. The average Bonchev–Trinajstić information content (AvgIpc) is 3.22. The standard InChI is InChI=1S/C18H20N2O3S/c1-23-15-6-4-14(5-7-15)20-12-13(9-18(20)22)11-19-17(21)10-16-3-2-8-24-16/h2-8,13H,9-12H2,1H3,(H,19,21). The highest BCUT2D eigenvalue weighted by Gasteiger charge is 2.30. The predicted molar refractivity (Wildman–Crippen MR) is 94.5 cm³/mol. The summed E-state index contributed by atoms with van der Waals surface area (Å²) < 4.78 is 5.14. The highest BCUT2D eigenvalue weighted by molar-refractivity contribution is 7.10. The molecule has 0 spiro atoms. The quantitative estimate of drug-likeness (QED) is 0.876. The van der Waals surface area contributed by atoms with Crippen LogP contribution in [0.15, 0.2) is 41.8 Å². The van der Waals surface area contributed by atoms with E-state index in [-0.39, 0.29) is 17.7 Å². The molecule has 1 aliphatic rings. The first-order valence-electron chi connectivity index (χ1n) is 7.89. The number of nitrogens with one attached hydrogen (secondary N) is 1. The van der Waals surface area contributed by atoms with Gasteiger partial charge in [0.05, 0.1) is 13.5 Å². The van der Waals surface area contributed by atoms with Gasteiger partial charge in [-0.25, -0.2) is 0 Å². The van der Waals surface area contributed by atoms with Gasteiger partial charge in [-0.05, 0) is 35.7 Å². The minimum Gasteiger partial charge on any atom is -0.497 e. The van der Waals surface area contributed by atoms with Crippen molar-refractivity contribution in [1.29, 1.82) is 0 Å². The summed E-state index contributed by atoms with van der Waals surface area (Å²) in [6, 6.07) is 11.4. The fourth-order valence-electron chi connectivity index (χ4n) is 2.82. The molecule has 2 amide bonds. The Bertz CT molecular complexity index is 698. The van der Waals surface area contributed by atoms with Gasteiger partial charge < -0.3 is 15.0 Å². The van der Waals surface area contributed by atoms with Crippen LogP contribution in [-0.4, -0.2) is 32.0 Å². The van der Waals surface area contributed by atoms with Crippen LogP contribution >= 0.6 is 11.3 Å². The molecule has 1 N–H and O–H groups in total. The van der Waals surface area contributed by atoms with Crippen molar-refractivity contribution in [2.75, 3.05) is 25.1 Å². The van der Waals surface area contributed by atoms with Gasteiger partial charge in [-0.15, -0.1) is 11.3 Å². The molecule has 1 saturated heterocycles. The van der Waals surface area contributed by atoms with Crippen LogP contribution in [0.5, 0.6) is 5.75 Å². The first kappa shape index (κ1) is 16.5. The van der Waals surface area contributed by atoms with Crippen molar-refractivity contribution in [2.45, 2.75) is 12.8 Å². The van der Waals surface area contributed by atoms with E-state index in [1.807, 2.05) is 41.8 Å². The number of hydrogen-bond acceptors (Lipinski definition) is 4. The summed E-state index contributed by atoms with van der Waals surface area (Å²) in [5.74, 6) is 1.01. The third-order valence-electron chi connectivity index (χ3n) is 4.09. The van der Waals surface area contributed by atoms with Crippen LogP contribution in [0.3, 0.4) is 0 Å². The molecule has 1 aromatic heterocycles. The number of benzene rings is 1. The van der Waals surface area contributed by atoms with Crippen LogP contribution < -0.4 is 15.0 Å². The lowest BCUT2D eigenvalue weighted by molar-refractivity contribution is -0.121. The summed E-state index contributed by atoms with van der Waals surface area (Å²) in [6.45, 7) is 1.16. The molecular weight excluding hydrogens is 324 g/mol. The second-order valence-electron chi connectivity index (χ2n) is 5.83. The number of nitrogens with zero attached hydrogens (tertiary/aromatic N) is 1. The van der Waals surface area contributed by atoms with E-state index in [1.54, 1.807) is 23.3 Å². The molecule has 1 fully saturated rings. The number of rotatable bonds is 6. The van der Waals surface area contributed by atoms with E-state index < -0.39 is 0 Å². The summed E-state index contributed by atoms with van der Waals surface area (Å²) >= 11 is 1.58. The third-order valence-corrected chi connectivity index (χ3v) is 4.97. The molecule has 126 valence electrons. The van der Waals surface area contributed by atoms with Gasteiger partial charge >= 0.3 is 0 Å². The highest BCUT2D eigenvalue weighted by atomic mass is 32.1. The summed E-state index contributed by atoms with van der Waals surface area (Å²) in [6.07, 6.45) is 0.867. The number of thiophene rings is 1. The molecule has 2 heterocycles. The molecule has 0 aliphatic carbocycles. The highest BCUT2D eigenvalue weighted by Crippen LogP contribution is 2.26. The maximum Gasteiger partial charge on any atom is 0.227 e. The maximum atomic E-state index is 12.2. The Morgan fingerprint density at radius 3 is 2.79 bits per heavy atom. The molecule has 0 radical (unpaired) electrons. The SMILES string of the molecule is COc1ccc(N2CC(CNC(=O)Cc3cccs3)CC2=O)cc1. The topological polar surface area (TPSA) is 58.6 Å². The monoisotopic (exact) mass is 344 g/mol. The molecule has 6 heteroatoms. The second-order valence-corrected chi connectivity index (χ2v) is 6.86. The molecule has 1 unspecified atom stereocenters. The largest absolute Gasteiger partial charge is 0.497 e. The fourth-order valence-corrected chi connectivity index (χ4v) is 3.53. The van der Waals surface area contributed by atoms with Crippen molar-refractivity contribution in [3.63, 3.8) is 0 Å². The number of carbonyl (C=O) groups is 2. The Labute approximate surface area is 145 Å². The predicted octanol–water partition coefficient (Wildman–Crippen LogP) is 2.47. The Kier molecular flexibility index (Phi) is 5.15. The number of ether oxygens (including phenoxy) is 1. The lowest BCUT2D eigenvalue weighted by atomic mass is 10.1. The zero-order valence-corrected chi connectivity index (χ0v) is 14.3. The van der Waals surface area contributed by atoms with Crippen LogP contribution in [0.4, 0.5) is 5.69 Å². The lowest BCUT2D eigenvalue weighted by Gasteiger charge is -2.17. The number of amides is 2. The Morgan fingerprint density at radius 2 is 2.12 bits per heavy atom. The second kappa shape index (κ2) is 7.49. The van der Waals surface area contributed by atoms with E-state index >= 15 is 0 Å². The van der Waals surface area contributed by atoms with E-state index in [0.29, 0.717) is 25.9 Å². The molecule has 5 nitrogen and oxygen atoms in total. The van der Waals surface area contributed by atoms with Crippen molar-refractivity contribution in [1.82, 2.24) is 5.32 Å². The number of carbonyl (C=O) groups excluding carboxylic acids is 2. The van der Waals surface area contributed by atoms with Crippen LogP contribution in [0.2, 0.25) is 0 Å². The smallest absolute Gasteiger partial charge is 0.227 e. The summed E-state index contributed by atoms with van der Waals surface area (Å²) in [4.78, 5) is 27.0. The van der Waals surface area contributed by atoms with Gasteiger partial charge in [0.1, 0.15) is 5.75 Å². The Hall–Kier alpha value is -2.34. The minimum absolute atomic E-state index is 0.00722. The molecule has 2 aromatic rings. The van der Waals surface area contributed by atoms with E-state index in [0.717, 1.165) is 16.3 Å². The molecule has 1 atom stereocenters. The van der Waals surface area contributed by atoms with Crippen LogP contribution in [-0.2, 0) is 16.0 Å². The maximum absolute atomic E-state index is 12.2. The van der Waals surface area contributed by atoms with Gasteiger partial charge in [0.25, 0.3) is 0 Å². The zero-order chi connectivity index (χ0) is 16.9. The summed E-state index contributed by atoms with van der Waals surface area (Å²) in [5.41, 5.74) is 0.869. The number of anilines is 1. The van der Waals surface area contributed by atoms with Gasteiger partial charge in [0, 0.05) is 36.0 Å². The van der Waals surface area contributed by atoms with Crippen molar-refractivity contribution in [3.8, 4) is 5.75 Å². The van der Waals surface area contributed by atoms with E-state index in [9.17, 15) is 9.59 Å². The lowest BCUT2D eigenvalue weighted by Crippen LogP contribution is -2.32. The molecule has 0 saturated carbocycles. The molecule has 1 aliphatic heterocycles. The van der Waals surface area contributed by atoms with Crippen molar-refractivity contribution >= 4 is 28.8 Å². The Balaban J connectivity index is 1.51. The van der Waals surface area contributed by atoms with Gasteiger partial charge in [0.2, 0.25) is 11.8 Å². The van der Waals surface area contributed by atoms with E-state index in [4.69, 9.17) is 4.74 Å². The fraction of sp³-hybridized carbons (Fsp3) is 0.333. The normalized spacial score (nSPS) is 17.1. The van der Waals surface area contributed by atoms with Gasteiger partial charge in [0.15, 0.2) is 0 Å². The molecular formula is C18H20N2O3S. The Morgan fingerprint density at radius 1 is 1.33 bits per heavy atom. The summed E-state index contributed by atoms with van der Waals surface area (Å²) in [5, 5.41) is 4.91. The summed E-state index contributed by atoms with van der Waals surface area (Å²) in [7, 11) is 1.62. The van der Waals surface area contributed by atoms with E-state index in [1.165, 1.54) is 0 Å². The van der Waals surface area contributed by atoms with E-state index in [2.05, 4.69) is 5.32 Å². The molecule has 1 aromatic carbocycles. The molecule has 3 rings (SSSR count). The van der Waals surface area contributed by atoms with Crippen LogP contribution in [0.1, 0.15) is 11.3 Å². The van der Waals surface area contributed by atoms with Crippen molar-refractivity contribution in [2.24, 2.45) is 5.92 Å². The molecule has 0 bridgehead atoms. The van der Waals surface area contributed by atoms with Gasteiger partial charge in [-0.2, -0.15) is 0 Å². The van der Waals surface area contributed by atoms with Crippen LogP contribution in [0, 0.1) is 5.92 Å². The van der Waals surface area contributed by atoms with Crippen molar-refractivity contribution in [3.05, 3.63) is 46.7 Å². The zero-order valence-electron chi connectivity index (χ0n) is 13.5. The van der Waals surface area contributed by atoms with Crippen molar-refractivity contribution < 1.29 is 14.3 Å². The van der Waals surface area contributed by atoms with Gasteiger partial charge in [-0.1, -0.05) is 6.07 Å². The number of hydrogen-bond donors (Lipinski definition) is 1.